The van der Waals surface area contributed by atoms with E-state index in [1.54, 1.807) is 0 Å². The summed E-state index contributed by atoms with van der Waals surface area (Å²) < 4.78 is 0. The summed E-state index contributed by atoms with van der Waals surface area (Å²) in [5.74, 6) is 0. The van der Waals surface area contributed by atoms with Crippen LogP contribution in [0, 0.1) is 6.92 Å². The van der Waals surface area contributed by atoms with Crippen molar-refractivity contribution in [2.24, 2.45) is 0 Å². The number of aliphatic hydroxyl groups excluding tert-OH is 1. The molecule has 1 aromatic carbocycles. The smallest absolute Gasteiger partial charge is 0.0574 e. The van der Waals surface area contributed by atoms with Gasteiger partial charge in [0.25, 0.3) is 0 Å². The van der Waals surface area contributed by atoms with Crippen LogP contribution in [0.1, 0.15) is 30.9 Å². The number of nitrogens with zero attached hydrogens (tertiary/aromatic N) is 1. The molecular formula is C15H24N2O. The lowest BCUT2D eigenvalue weighted by Gasteiger charge is -2.33. The third kappa shape index (κ3) is 3.24. The number of rotatable bonds is 4. The molecule has 0 aromatic heterocycles. The first-order chi connectivity index (χ1) is 8.70. The van der Waals surface area contributed by atoms with Crippen molar-refractivity contribution in [3.05, 3.63) is 29.3 Å². The minimum atomic E-state index is -0.107. The van der Waals surface area contributed by atoms with E-state index in [0.29, 0.717) is 0 Å². The van der Waals surface area contributed by atoms with Gasteiger partial charge in [-0.2, -0.15) is 0 Å². The van der Waals surface area contributed by atoms with Crippen LogP contribution in [0.2, 0.25) is 0 Å². The van der Waals surface area contributed by atoms with E-state index in [-0.39, 0.29) is 6.10 Å². The number of aliphatic hydroxyl groups is 1. The highest BCUT2D eigenvalue weighted by atomic mass is 16.3. The summed E-state index contributed by atoms with van der Waals surface area (Å²) >= 11 is 0. The van der Waals surface area contributed by atoms with E-state index in [4.69, 9.17) is 0 Å². The zero-order valence-electron chi connectivity index (χ0n) is 11.4. The van der Waals surface area contributed by atoms with Crippen molar-refractivity contribution in [3.63, 3.8) is 0 Å². The maximum absolute atomic E-state index is 9.59. The molecule has 1 aliphatic rings. The van der Waals surface area contributed by atoms with Crippen LogP contribution in [0.15, 0.2) is 18.2 Å². The molecule has 1 heterocycles. The summed E-state index contributed by atoms with van der Waals surface area (Å²) in [5.41, 5.74) is 4.00. The molecule has 0 atom stereocenters. The third-order valence-electron chi connectivity index (χ3n) is 3.61. The first kappa shape index (κ1) is 13.4. The Morgan fingerprint density at radius 1 is 1.33 bits per heavy atom. The van der Waals surface area contributed by atoms with Gasteiger partial charge in [0.05, 0.1) is 6.10 Å². The number of benzene rings is 1. The molecule has 0 saturated carbocycles. The number of hydrogen-bond acceptors (Lipinski definition) is 3. The second-order valence-corrected chi connectivity index (χ2v) is 5.13. The van der Waals surface area contributed by atoms with Gasteiger partial charge in [0.1, 0.15) is 0 Å². The fraction of sp³-hybridized carbons (Fsp3) is 0.600. The summed E-state index contributed by atoms with van der Waals surface area (Å²) in [6.07, 6.45) is 1.66. The van der Waals surface area contributed by atoms with Crippen LogP contribution in [0.5, 0.6) is 0 Å². The van der Waals surface area contributed by atoms with Gasteiger partial charge in [-0.05, 0) is 37.9 Å². The summed E-state index contributed by atoms with van der Waals surface area (Å²) in [5, 5.41) is 13.0. The molecule has 0 unspecified atom stereocenters. The molecule has 1 fully saturated rings. The molecule has 18 heavy (non-hydrogen) atoms. The minimum absolute atomic E-state index is 0.107. The van der Waals surface area contributed by atoms with Crippen LogP contribution in [0.25, 0.3) is 0 Å². The fourth-order valence-electron chi connectivity index (χ4n) is 2.53. The molecule has 1 aliphatic heterocycles. The van der Waals surface area contributed by atoms with Gasteiger partial charge in [0.2, 0.25) is 0 Å². The maximum Gasteiger partial charge on any atom is 0.0574 e. The molecular weight excluding hydrogens is 224 g/mol. The molecule has 2 N–H and O–H groups in total. The zero-order chi connectivity index (χ0) is 13.0. The summed E-state index contributed by atoms with van der Waals surface area (Å²) in [4.78, 5) is 2.40. The Hall–Kier alpha value is -1.06. The Bertz CT molecular complexity index is 384. The molecule has 0 spiro atoms. The standard InChI is InChI=1S/C15H24N2O/c1-3-16-11-13-10-12(2)4-5-15(13)17-8-6-14(18)7-9-17/h4-5,10,14,16,18H,3,6-9,11H2,1-2H3. The van der Waals surface area contributed by atoms with Gasteiger partial charge >= 0.3 is 0 Å². The van der Waals surface area contributed by atoms with Gasteiger partial charge in [-0.25, -0.2) is 0 Å². The first-order valence-corrected chi connectivity index (χ1v) is 6.94. The molecule has 3 heteroatoms. The van der Waals surface area contributed by atoms with Gasteiger partial charge in [0.15, 0.2) is 0 Å². The topological polar surface area (TPSA) is 35.5 Å². The summed E-state index contributed by atoms with van der Waals surface area (Å²) in [6, 6.07) is 6.67. The number of aryl methyl sites for hydroxylation is 1. The number of hydrogen-bond donors (Lipinski definition) is 2. The Morgan fingerprint density at radius 2 is 2.06 bits per heavy atom. The lowest BCUT2D eigenvalue weighted by molar-refractivity contribution is 0.145. The monoisotopic (exact) mass is 248 g/mol. The Labute approximate surface area is 110 Å². The van der Waals surface area contributed by atoms with Crippen LogP contribution < -0.4 is 10.2 Å². The number of nitrogens with one attached hydrogen (secondary N) is 1. The zero-order valence-corrected chi connectivity index (χ0v) is 11.4. The lowest BCUT2D eigenvalue weighted by Crippen LogP contribution is -2.36. The van der Waals surface area contributed by atoms with Crippen molar-refractivity contribution in [3.8, 4) is 0 Å². The third-order valence-corrected chi connectivity index (χ3v) is 3.61. The normalized spacial score (nSPS) is 17.2. The predicted octanol–water partition coefficient (Wildman–Crippen LogP) is 2.07. The number of piperidine rings is 1. The van der Waals surface area contributed by atoms with Crippen molar-refractivity contribution in [1.82, 2.24) is 5.32 Å². The van der Waals surface area contributed by atoms with E-state index in [2.05, 4.69) is 42.3 Å². The van der Waals surface area contributed by atoms with Gasteiger partial charge in [0, 0.05) is 25.3 Å². The fourth-order valence-corrected chi connectivity index (χ4v) is 2.53. The van der Waals surface area contributed by atoms with Crippen LogP contribution in [-0.2, 0) is 6.54 Å². The molecule has 0 amide bonds. The largest absolute Gasteiger partial charge is 0.393 e. The molecule has 1 saturated heterocycles. The SMILES string of the molecule is CCNCc1cc(C)ccc1N1CCC(O)CC1. The minimum Gasteiger partial charge on any atom is -0.393 e. The Balaban J connectivity index is 2.15. The van der Waals surface area contributed by atoms with Crippen molar-refractivity contribution >= 4 is 5.69 Å². The second kappa shape index (κ2) is 6.21. The van der Waals surface area contributed by atoms with Crippen LogP contribution in [-0.4, -0.2) is 30.8 Å². The van der Waals surface area contributed by atoms with Crippen LogP contribution in [0.3, 0.4) is 0 Å². The van der Waals surface area contributed by atoms with Gasteiger partial charge in [-0.15, -0.1) is 0 Å². The van der Waals surface area contributed by atoms with Gasteiger partial charge < -0.3 is 15.3 Å². The average Bonchev–Trinajstić information content (AvgIpc) is 2.38. The molecule has 100 valence electrons. The van der Waals surface area contributed by atoms with E-state index < -0.39 is 0 Å². The molecule has 0 aliphatic carbocycles. The molecule has 1 aromatic rings. The maximum atomic E-state index is 9.59. The number of anilines is 1. The second-order valence-electron chi connectivity index (χ2n) is 5.13. The van der Waals surface area contributed by atoms with Gasteiger partial charge in [-0.3, -0.25) is 0 Å². The highest BCUT2D eigenvalue weighted by Gasteiger charge is 2.19. The van der Waals surface area contributed by atoms with Crippen LogP contribution in [0.4, 0.5) is 5.69 Å². The molecule has 0 bridgehead atoms. The highest BCUT2D eigenvalue weighted by molar-refractivity contribution is 5.55. The van der Waals surface area contributed by atoms with Crippen LogP contribution >= 0.6 is 0 Å². The van der Waals surface area contributed by atoms with Crippen molar-refractivity contribution in [2.45, 2.75) is 39.3 Å². The van der Waals surface area contributed by atoms with Crippen molar-refractivity contribution in [2.75, 3.05) is 24.5 Å². The van der Waals surface area contributed by atoms with E-state index >= 15 is 0 Å². The van der Waals surface area contributed by atoms with E-state index in [0.717, 1.165) is 39.0 Å². The summed E-state index contributed by atoms with van der Waals surface area (Å²) in [6.45, 7) is 8.11. The molecule has 2 rings (SSSR count). The van der Waals surface area contributed by atoms with E-state index in [9.17, 15) is 5.11 Å². The van der Waals surface area contributed by atoms with Gasteiger partial charge in [-0.1, -0.05) is 24.6 Å². The van der Waals surface area contributed by atoms with E-state index in [1.165, 1.54) is 16.8 Å². The lowest BCUT2D eigenvalue weighted by atomic mass is 10.0. The Kier molecular flexibility index (Phi) is 4.61. The van der Waals surface area contributed by atoms with Crippen molar-refractivity contribution in [1.29, 1.82) is 0 Å². The molecule has 3 nitrogen and oxygen atoms in total. The van der Waals surface area contributed by atoms with E-state index in [1.807, 2.05) is 0 Å². The first-order valence-electron chi connectivity index (χ1n) is 6.94. The van der Waals surface area contributed by atoms with Crippen molar-refractivity contribution < 1.29 is 5.11 Å². The average molecular weight is 248 g/mol. The molecule has 0 radical (unpaired) electrons. The summed E-state index contributed by atoms with van der Waals surface area (Å²) in [7, 11) is 0. The highest BCUT2D eigenvalue weighted by Crippen LogP contribution is 2.25. The Morgan fingerprint density at radius 3 is 2.72 bits per heavy atom. The quantitative estimate of drug-likeness (QED) is 0.856. The predicted molar refractivity (Wildman–Crippen MR) is 76.0 cm³/mol.